The molecule has 1 saturated heterocycles. The predicted octanol–water partition coefficient (Wildman–Crippen LogP) is 2.02. The molecule has 0 unspecified atom stereocenters. The number of nitrogens with zero attached hydrogens (tertiary/aromatic N) is 3. The minimum absolute atomic E-state index is 0.398. The Morgan fingerprint density at radius 2 is 2.05 bits per heavy atom. The molecule has 0 spiro atoms. The SMILES string of the molecule is CCCc1c(N)ncnc1N1CCC(OCC)CC1. The van der Waals surface area contributed by atoms with Gasteiger partial charge in [-0.05, 0) is 26.2 Å². The van der Waals surface area contributed by atoms with Crippen LogP contribution in [-0.4, -0.2) is 35.8 Å². The van der Waals surface area contributed by atoms with E-state index in [0.29, 0.717) is 11.9 Å². The van der Waals surface area contributed by atoms with Crippen LogP contribution >= 0.6 is 0 Å². The largest absolute Gasteiger partial charge is 0.383 e. The van der Waals surface area contributed by atoms with Crippen LogP contribution in [0.15, 0.2) is 6.33 Å². The van der Waals surface area contributed by atoms with E-state index in [4.69, 9.17) is 10.5 Å². The van der Waals surface area contributed by atoms with Crippen molar-refractivity contribution < 1.29 is 4.74 Å². The molecule has 0 bridgehead atoms. The molecule has 0 atom stereocenters. The Kier molecular flexibility index (Phi) is 4.96. The predicted molar refractivity (Wildman–Crippen MR) is 77.3 cm³/mol. The highest BCUT2D eigenvalue weighted by atomic mass is 16.5. The summed E-state index contributed by atoms with van der Waals surface area (Å²) in [6, 6.07) is 0. The van der Waals surface area contributed by atoms with E-state index in [9.17, 15) is 0 Å². The maximum absolute atomic E-state index is 5.99. The van der Waals surface area contributed by atoms with Gasteiger partial charge in [0.05, 0.1) is 6.10 Å². The molecule has 0 aliphatic carbocycles. The van der Waals surface area contributed by atoms with Gasteiger partial charge in [-0.2, -0.15) is 0 Å². The van der Waals surface area contributed by atoms with Gasteiger partial charge < -0.3 is 15.4 Å². The first-order valence-electron chi connectivity index (χ1n) is 7.22. The topological polar surface area (TPSA) is 64.3 Å². The molecule has 1 fully saturated rings. The van der Waals surface area contributed by atoms with Gasteiger partial charge in [-0.3, -0.25) is 0 Å². The number of aromatic nitrogens is 2. The lowest BCUT2D eigenvalue weighted by Crippen LogP contribution is -2.38. The number of nitrogen functional groups attached to an aromatic ring is 1. The highest BCUT2D eigenvalue weighted by Gasteiger charge is 2.22. The highest BCUT2D eigenvalue weighted by molar-refractivity contribution is 5.56. The molecule has 0 saturated carbocycles. The molecule has 0 amide bonds. The van der Waals surface area contributed by atoms with Gasteiger partial charge in [0, 0.05) is 25.3 Å². The van der Waals surface area contributed by atoms with Crippen LogP contribution in [0.25, 0.3) is 0 Å². The van der Waals surface area contributed by atoms with E-state index < -0.39 is 0 Å². The van der Waals surface area contributed by atoms with E-state index in [1.54, 1.807) is 6.33 Å². The zero-order valence-corrected chi connectivity index (χ0v) is 11.9. The second-order valence-corrected chi connectivity index (χ2v) is 4.95. The van der Waals surface area contributed by atoms with Crippen molar-refractivity contribution in [3.63, 3.8) is 0 Å². The lowest BCUT2D eigenvalue weighted by Gasteiger charge is -2.33. The van der Waals surface area contributed by atoms with Crippen LogP contribution in [0.5, 0.6) is 0 Å². The van der Waals surface area contributed by atoms with Crippen LogP contribution in [0.1, 0.15) is 38.7 Å². The van der Waals surface area contributed by atoms with Crippen LogP contribution < -0.4 is 10.6 Å². The molecule has 5 nitrogen and oxygen atoms in total. The number of anilines is 2. The summed E-state index contributed by atoms with van der Waals surface area (Å²) in [6.07, 6.45) is 6.08. The van der Waals surface area contributed by atoms with Gasteiger partial charge in [0.2, 0.25) is 0 Å². The van der Waals surface area contributed by atoms with Gasteiger partial charge in [-0.15, -0.1) is 0 Å². The Hall–Kier alpha value is -1.36. The Bertz CT molecular complexity index is 402. The van der Waals surface area contributed by atoms with Crippen LogP contribution in [0.3, 0.4) is 0 Å². The lowest BCUT2D eigenvalue weighted by molar-refractivity contribution is 0.0458. The van der Waals surface area contributed by atoms with Gasteiger partial charge in [0.25, 0.3) is 0 Å². The van der Waals surface area contributed by atoms with Crippen molar-refractivity contribution in [1.82, 2.24) is 9.97 Å². The molecule has 1 aliphatic rings. The molecule has 5 heteroatoms. The maximum Gasteiger partial charge on any atom is 0.137 e. The van der Waals surface area contributed by atoms with Crippen molar-refractivity contribution in [1.29, 1.82) is 0 Å². The minimum Gasteiger partial charge on any atom is -0.383 e. The van der Waals surface area contributed by atoms with Gasteiger partial charge in [-0.1, -0.05) is 13.3 Å². The first-order valence-corrected chi connectivity index (χ1v) is 7.22. The molecule has 0 radical (unpaired) electrons. The Labute approximate surface area is 115 Å². The average Bonchev–Trinajstić information content (AvgIpc) is 2.43. The molecule has 1 aromatic rings. The second kappa shape index (κ2) is 6.70. The van der Waals surface area contributed by atoms with E-state index in [0.717, 1.165) is 56.8 Å². The fourth-order valence-electron chi connectivity index (χ4n) is 2.65. The molecular weight excluding hydrogens is 240 g/mol. The number of hydrogen-bond donors (Lipinski definition) is 1. The van der Waals surface area contributed by atoms with Crippen molar-refractivity contribution in [3.05, 3.63) is 11.9 Å². The van der Waals surface area contributed by atoms with Gasteiger partial charge in [0.1, 0.15) is 18.0 Å². The van der Waals surface area contributed by atoms with Gasteiger partial charge in [-0.25, -0.2) is 9.97 Å². The van der Waals surface area contributed by atoms with Crippen LogP contribution in [-0.2, 0) is 11.2 Å². The van der Waals surface area contributed by atoms with E-state index in [2.05, 4.69) is 28.7 Å². The normalized spacial score (nSPS) is 16.8. The minimum atomic E-state index is 0.398. The summed E-state index contributed by atoms with van der Waals surface area (Å²) in [4.78, 5) is 10.9. The Morgan fingerprint density at radius 3 is 2.68 bits per heavy atom. The standard InChI is InChI=1S/C14H24N4O/c1-3-5-12-13(15)16-10-17-14(12)18-8-6-11(7-9-18)19-4-2/h10-11H,3-9H2,1-2H3,(H2,15,16,17). The summed E-state index contributed by atoms with van der Waals surface area (Å²) in [5, 5.41) is 0. The van der Waals surface area contributed by atoms with E-state index in [1.807, 2.05) is 0 Å². The third-order valence-electron chi connectivity index (χ3n) is 3.60. The van der Waals surface area contributed by atoms with Crippen LogP contribution in [0, 0.1) is 0 Å². The quantitative estimate of drug-likeness (QED) is 0.881. The van der Waals surface area contributed by atoms with Crippen molar-refractivity contribution in [2.45, 2.75) is 45.6 Å². The fraction of sp³-hybridized carbons (Fsp3) is 0.714. The van der Waals surface area contributed by atoms with Gasteiger partial charge >= 0.3 is 0 Å². The van der Waals surface area contributed by atoms with Crippen molar-refractivity contribution >= 4 is 11.6 Å². The first-order chi connectivity index (χ1) is 9.26. The van der Waals surface area contributed by atoms with Crippen LogP contribution in [0.2, 0.25) is 0 Å². The van der Waals surface area contributed by atoms with Gasteiger partial charge in [0.15, 0.2) is 0 Å². The summed E-state index contributed by atoms with van der Waals surface area (Å²) >= 11 is 0. The molecule has 1 aromatic heterocycles. The molecule has 1 aliphatic heterocycles. The third-order valence-corrected chi connectivity index (χ3v) is 3.60. The smallest absolute Gasteiger partial charge is 0.137 e. The van der Waals surface area contributed by atoms with Crippen molar-refractivity contribution in [2.75, 3.05) is 30.3 Å². The molecule has 106 valence electrons. The zero-order chi connectivity index (χ0) is 13.7. The number of ether oxygens (including phenoxy) is 1. The van der Waals surface area contributed by atoms with Crippen molar-refractivity contribution in [2.24, 2.45) is 0 Å². The second-order valence-electron chi connectivity index (χ2n) is 4.95. The molecule has 2 rings (SSSR count). The number of hydrogen-bond acceptors (Lipinski definition) is 5. The first kappa shape index (κ1) is 14.1. The number of piperidine rings is 1. The highest BCUT2D eigenvalue weighted by Crippen LogP contribution is 2.26. The summed E-state index contributed by atoms with van der Waals surface area (Å²) < 4.78 is 5.68. The fourth-order valence-corrected chi connectivity index (χ4v) is 2.65. The van der Waals surface area contributed by atoms with Crippen molar-refractivity contribution in [3.8, 4) is 0 Å². The van der Waals surface area contributed by atoms with Crippen LogP contribution in [0.4, 0.5) is 11.6 Å². The lowest BCUT2D eigenvalue weighted by atomic mass is 10.1. The van der Waals surface area contributed by atoms with E-state index in [1.165, 1.54) is 0 Å². The molecule has 2 heterocycles. The average molecular weight is 264 g/mol. The number of rotatable bonds is 5. The van der Waals surface area contributed by atoms with E-state index in [-0.39, 0.29) is 0 Å². The maximum atomic E-state index is 5.99. The molecular formula is C14H24N4O. The summed E-state index contributed by atoms with van der Waals surface area (Å²) in [5.74, 6) is 1.64. The summed E-state index contributed by atoms with van der Waals surface area (Å²) in [6.45, 7) is 6.97. The monoisotopic (exact) mass is 264 g/mol. The summed E-state index contributed by atoms with van der Waals surface area (Å²) in [5.41, 5.74) is 7.08. The third kappa shape index (κ3) is 3.35. The Morgan fingerprint density at radius 1 is 1.32 bits per heavy atom. The molecule has 0 aromatic carbocycles. The zero-order valence-electron chi connectivity index (χ0n) is 11.9. The Balaban J connectivity index is 2.08. The molecule has 2 N–H and O–H groups in total. The van der Waals surface area contributed by atoms with E-state index >= 15 is 0 Å². The summed E-state index contributed by atoms with van der Waals surface area (Å²) in [7, 11) is 0. The molecule has 19 heavy (non-hydrogen) atoms. The number of nitrogens with two attached hydrogens (primary N) is 1.